The molecule has 0 spiro atoms. The molecule has 10 heavy (non-hydrogen) atoms. The molecular weight excluding hydrogens is 159 g/mol. The van der Waals surface area contributed by atoms with Crippen LogP contribution in [0.2, 0.25) is 0 Å². The van der Waals surface area contributed by atoms with E-state index in [0.717, 1.165) is 6.08 Å². The molecule has 0 saturated carbocycles. The fourth-order valence-electron chi connectivity index (χ4n) is 0.156. The second kappa shape index (κ2) is 3.38. The Bertz CT molecular complexity index is 229. The van der Waals surface area contributed by atoms with Gasteiger partial charge in [-0.3, -0.25) is 4.55 Å². The van der Waals surface area contributed by atoms with Crippen molar-refractivity contribution in [1.29, 1.82) is 0 Å². The summed E-state index contributed by atoms with van der Waals surface area (Å²) in [5, 5.41) is 0. The molecule has 0 aliphatic rings. The van der Waals surface area contributed by atoms with Gasteiger partial charge in [0, 0.05) is 6.08 Å². The van der Waals surface area contributed by atoms with Crippen molar-refractivity contribution in [2.24, 2.45) is 0 Å². The minimum absolute atomic E-state index is 0.0248. The summed E-state index contributed by atoms with van der Waals surface area (Å²) in [6.07, 6.45) is 0.766. The van der Waals surface area contributed by atoms with Gasteiger partial charge in [-0.05, 0) is 0 Å². The van der Waals surface area contributed by atoms with Gasteiger partial charge in [-0.15, -0.1) is 0 Å². The van der Waals surface area contributed by atoms with Gasteiger partial charge in [-0.25, -0.2) is 13.2 Å². The van der Waals surface area contributed by atoms with E-state index in [0.29, 0.717) is 0 Å². The van der Waals surface area contributed by atoms with Crippen LogP contribution in [0.5, 0.6) is 0 Å². The van der Waals surface area contributed by atoms with Crippen molar-refractivity contribution in [1.82, 2.24) is 0 Å². The maximum atomic E-state index is 10.1. The number of hydrogen-bond donors (Lipinski definition) is 1. The molecule has 0 saturated heterocycles. The van der Waals surface area contributed by atoms with Crippen LogP contribution in [0.4, 0.5) is 0 Å². The van der Waals surface area contributed by atoms with Crippen LogP contribution in [-0.4, -0.2) is 25.7 Å². The second-order valence-corrected chi connectivity index (χ2v) is 2.47. The summed E-state index contributed by atoms with van der Waals surface area (Å²) in [7, 11) is -4.35. The van der Waals surface area contributed by atoms with E-state index in [-0.39, 0.29) is 6.76 Å². The summed E-state index contributed by atoms with van der Waals surface area (Å²) in [5.74, 6) is -0.947. The van der Waals surface area contributed by atoms with Crippen molar-refractivity contribution in [3.8, 4) is 0 Å². The quantitative estimate of drug-likeness (QED) is 0.332. The van der Waals surface area contributed by atoms with E-state index in [9.17, 15) is 13.2 Å². The molecular formula is C3H4BO5S. The maximum Gasteiger partial charge on any atom is 0.569 e. The summed E-state index contributed by atoms with van der Waals surface area (Å²) in [4.78, 5) is 10.1. The molecule has 0 fully saturated rings. The molecule has 0 aliphatic carbocycles. The van der Waals surface area contributed by atoms with Gasteiger partial charge in [0.05, 0.1) is 0 Å². The zero-order valence-electron chi connectivity index (χ0n) is 4.85. The monoisotopic (exact) mass is 163 g/mol. The molecule has 0 heterocycles. The number of carbonyl (C=O) groups excluding carboxylic acids is 1. The molecule has 1 N–H and O–H groups in total. The summed E-state index contributed by atoms with van der Waals surface area (Å²) < 4.78 is 31.5. The Morgan fingerprint density at radius 1 is 1.70 bits per heavy atom. The third-order valence-corrected chi connectivity index (χ3v) is 0.792. The van der Waals surface area contributed by atoms with Gasteiger partial charge < -0.3 is 4.65 Å². The molecule has 0 aromatic heterocycles. The van der Waals surface area contributed by atoms with E-state index >= 15 is 0 Å². The fraction of sp³-hybridized carbons (Fsp3) is 0. The third-order valence-electron chi connectivity index (χ3n) is 0.453. The van der Waals surface area contributed by atoms with E-state index in [4.69, 9.17) is 4.55 Å². The van der Waals surface area contributed by atoms with Gasteiger partial charge in [0.15, 0.2) is 0 Å². The molecule has 0 bridgehead atoms. The molecule has 0 unspecified atom stereocenters. The van der Waals surface area contributed by atoms with Crippen LogP contribution in [0, 0.1) is 0 Å². The number of carbonyl (C=O) groups is 1. The van der Waals surface area contributed by atoms with E-state index in [1.807, 2.05) is 0 Å². The van der Waals surface area contributed by atoms with Gasteiger partial charge in [0.25, 0.3) is 9.97 Å². The van der Waals surface area contributed by atoms with Gasteiger partial charge in [0.2, 0.25) is 0 Å². The van der Waals surface area contributed by atoms with Gasteiger partial charge in [-0.2, -0.15) is 0 Å². The van der Waals surface area contributed by atoms with Crippen LogP contribution in [0.25, 0.3) is 0 Å². The van der Waals surface area contributed by atoms with Crippen LogP contribution in [0.3, 0.4) is 0 Å². The first-order valence-electron chi connectivity index (χ1n) is 2.09. The standard InChI is InChI=1S/C3H4BO5S/c1-2-3(5)9-4-10(6,7)8/h2H,1H2,(H,6,7,8). The molecule has 0 rings (SSSR count). The molecule has 1 radical (unpaired) electrons. The lowest BCUT2D eigenvalue weighted by Crippen LogP contribution is -2.15. The lowest BCUT2D eigenvalue weighted by Gasteiger charge is -1.93. The van der Waals surface area contributed by atoms with Crippen molar-refractivity contribution in [3.63, 3.8) is 0 Å². The van der Waals surface area contributed by atoms with Crippen molar-refractivity contribution < 1.29 is 22.4 Å². The predicted molar refractivity (Wildman–Crippen MR) is 33.6 cm³/mol. The summed E-state index contributed by atoms with van der Waals surface area (Å²) in [6, 6.07) is 0. The zero-order chi connectivity index (χ0) is 8.20. The normalized spacial score (nSPS) is 10.1. The highest BCUT2D eigenvalue weighted by Crippen LogP contribution is 1.81. The summed E-state index contributed by atoms with van der Waals surface area (Å²) in [5.41, 5.74) is 0. The zero-order valence-corrected chi connectivity index (χ0v) is 5.67. The van der Waals surface area contributed by atoms with E-state index in [1.165, 1.54) is 0 Å². The minimum Gasteiger partial charge on any atom is -0.517 e. The average Bonchev–Trinajstić information content (AvgIpc) is 1.81. The molecule has 0 aromatic rings. The Hall–Kier alpha value is -0.815. The Morgan fingerprint density at radius 2 is 2.20 bits per heavy atom. The first-order chi connectivity index (χ1) is 4.45. The smallest absolute Gasteiger partial charge is 0.517 e. The number of rotatable bonds is 3. The molecule has 0 atom stereocenters. The molecule has 0 aromatic carbocycles. The van der Waals surface area contributed by atoms with Crippen molar-refractivity contribution in [3.05, 3.63) is 12.7 Å². The van der Waals surface area contributed by atoms with E-state index in [2.05, 4.69) is 11.2 Å². The Morgan fingerprint density at radius 3 is 2.50 bits per heavy atom. The Balaban J connectivity index is 3.78. The van der Waals surface area contributed by atoms with Crippen molar-refractivity contribution in [2.45, 2.75) is 0 Å². The van der Waals surface area contributed by atoms with Crippen LogP contribution in [0.15, 0.2) is 12.7 Å². The average molecular weight is 163 g/mol. The fourth-order valence-corrected chi connectivity index (χ4v) is 0.373. The summed E-state index contributed by atoms with van der Waals surface area (Å²) in [6.45, 7) is 3.02. The predicted octanol–water partition coefficient (Wildman–Crippen LogP) is -0.862. The molecule has 5 nitrogen and oxygen atoms in total. The van der Waals surface area contributed by atoms with Crippen molar-refractivity contribution in [2.75, 3.05) is 0 Å². The van der Waals surface area contributed by atoms with Gasteiger partial charge in [-0.1, -0.05) is 6.58 Å². The Kier molecular flexibility index (Phi) is 3.10. The highest BCUT2D eigenvalue weighted by atomic mass is 32.2. The van der Waals surface area contributed by atoms with Crippen LogP contribution < -0.4 is 0 Å². The molecule has 0 amide bonds. The van der Waals surface area contributed by atoms with Gasteiger partial charge in [0.1, 0.15) is 0 Å². The Labute approximate surface area is 58.6 Å². The lowest BCUT2D eigenvalue weighted by atomic mass is 10.5. The topological polar surface area (TPSA) is 80.7 Å². The highest BCUT2D eigenvalue weighted by molar-refractivity contribution is 8.10. The third kappa shape index (κ3) is 5.32. The number of hydrogen-bond acceptors (Lipinski definition) is 4. The van der Waals surface area contributed by atoms with Crippen LogP contribution >= 0.6 is 0 Å². The maximum absolute atomic E-state index is 10.1. The summed E-state index contributed by atoms with van der Waals surface area (Å²) >= 11 is 0. The molecule has 55 valence electrons. The molecule has 7 heteroatoms. The molecule has 0 aliphatic heterocycles. The lowest BCUT2D eigenvalue weighted by molar-refractivity contribution is -0.128. The second-order valence-electron chi connectivity index (χ2n) is 1.25. The minimum atomic E-state index is -4.35. The van der Waals surface area contributed by atoms with Crippen molar-refractivity contribution >= 4 is 22.7 Å². The highest BCUT2D eigenvalue weighted by Gasteiger charge is 2.13. The largest absolute Gasteiger partial charge is 0.569 e. The first-order valence-corrected chi connectivity index (χ1v) is 3.60. The van der Waals surface area contributed by atoms with E-state index < -0.39 is 15.9 Å². The van der Waals surface area contributed by atoms with Crippen LogP contribution in [0.1, 0.15) is 0 Å². The SMILES string of the molecule is C=CC(=O)O[B]S(=O)(=O)O. The van der Waals surface area contributed by atoms with Gasteiger partial charge >= 0.3 is 12.7 Å². The van der Waals surface area contributed by atoms with Crippen LogP contribution in [-0.2, 0) is 19.4 Å². The first kappa shape index (κ1) is 9.18. The van der Waals surface area contributed by atoms with E-state index in [1.54, 1.807) is 0 Å².